The number of carbonyl (C=O) groups is 1. The van der Waals surface area contributed by atoms with Crippen molar-refractivity contribution >= 4 is 5.91 Å². The standard InChI is InChI=1S/C19H30N2O/c1-18(2,16-10-6-5-7-11-16)14-17(22)20-15-19(21(3)4)12-8-9-13-19/h5-7,10-11H,8-9,12-15H2,1-4H3,(H,20,22). The molecule has 1 aliphatic carbocycles. The number of hydrogen-bond donors (Lipinski definition) is 1. The molecule has 0 atom stereocenters. The quantitative estimate of drug-likeness (QED) is 0.874. The van der Waals surface area contributed by atoms with E-state index >= 15 is 0 Å². The Morgan fingerprint density at radius 1 is 1.18 bits per heavy atom. The molecule has 0 heterocycles. The number of rotatable bonds is 6. The molecule has 1 aromatic carbocycles. The average molecular weight is 302 g/mol. The van der Waals surface area contributed by atoms with Crippen molar-refractivity contribution < 1.29 is 4.79 Å². The summed E-state index contributed by atoms with van der Waals surface area (Å²) in [7, 11) is 4.26. The molecule has 1 aliphatic rings. The Morgan fingerprint density at radius 2 is 1.77 bits per heavy atom. The minimum atomic E-state index is -0.133. The van der Waals surface area contributed by atoms with Gasteiger partial charge < -0.3 is 10.2 Å². The van der Waals surface area contributed by atoms with E-state index in [1.807, 2.05) is 18.2 Å². The van der Waals surface area contributed by atoms with Crippen molar-refractivity contribution in [2.45, 2.75) is 56.9 Å². The van der Waals surface area contributed by atoms with Gasteiger partial charge in [-0.1, -0.05) is 57.0 Å². The van der Waals surface area contributed by atoms with Crippen LogP contribution in [0.4, 0.5) is 0 Å². The van der Waals surface area contributed by atoms with Gasteiger partial charge >= 0.3 is 0 Å². The van der Waals surface area contributed by atoms with Gasteiger partial charge in [0, 0.05) is 18.5 Å². The maximum absolute atomic E-state index is 12.4. The van der Waals surface area contributed by atoms with E-state index in [1.54, 1.807) is 0 Å². The molecule has 3 heteroatoms. The fourth-order valence-corrected chi connectivity index (χ4v) is 3.53. The molecule has 0 aliphatic heterocycles. The third-order valence-electron chi connectivity index (χ3n) is 5.26. The van der Waals surface area contributed by atoms with Gasteiger partial charge in [-0.2, -0.15) is 0 Å². The van der Waals surface area contributed by atoms with Crippen molar-refractivity contribution in [2.75, 3.05) is 20.6 Å². The molecule has 1 N–H and O–H groups in total. The summed E-state index contributed by atoms with van der Waals surface area (Å²) in [6, 6.07) is 10.3. The van der Waals surface area contributed by atoms with E-state index in [0.29, 0.717) is 6.42 Å². The van der Waals surface area contributed by atoms with Gasteiger partial charge in [0.1, 0.15) is 0 Å². The van der Waals surface area contributed by atoms with Crippen LogP contribution in [0.15, 0.2) is 30.3 Å². The van der Waals surface area contributed by atoms with Crippen LogP contribution in [0.25, 0.3) is 0 Å². The van der Waals surface area contributed by atoms with Gasteiger partial charge in [0.15, 0.2) is 0 Å². The minimum Gasteiger partial charge on any atom is -0.354 e. The summed E-state index contributed by atoms with van der Waals surface area (Å²) in [5.41, 5.74) is 1.24. The predicted octanol–water partition coefficient (Wildman–Crippen LogP) is 3.34. The van der Waals surface area contributed by atoms with E-state index in [0.717, 1.165) is 6.54 Å². The summed E-state index contributed by atoms with van der Waals surface area (Å²) in [5.74, 6) is 0.155. The lowest BCUT2D eigenvalue weighted by molar-refractivity contribution is -0.122. The summed E-state index contributed by atoms with van der Waals surface area (Å²) in [6.07, 6.45) is 5.43. The Hall–Kier alpha value is -1.35. The fraction of sp³-hybridized carbons (Fsp3) is 0.632. The van der Waals surface area contributed by atoms with Crippen molar-refractivity contribution in [1.29, 1.82) is 0 Å². The summed E-state index contributed by atoms with van der Waals surface area (Å²) in [5, 5.41) is 3.19. The lowest BCUT2D eigenvalue weighted by atomic mass is 9.81. The van der Waals surface area contributed by atoms with E-state index in [-0.39, 0.29) is 16.9 Å². The van der Waals surface area contributed by atoms with Crippen LogP contribution < -0.4 is 5.32 Å². The van der Waals surface area contributed by atoms with Gasteiger partial charge in [-0.3, -0.25) is 4.79 Å². The number of hydrogen-bond acceptors (Lipinski definition) is 2. The summed E-state index contributed by atoms with van der Waals surface area (Å²) in [4.78, 5) is 14.7. The molecule has 122 valence electrons. The topological polar surface area (TPSA) is 32.3 Å². The molecular weight excluding hydrogens is 272 g/mol. The van der Waals surface area contributed by atoms with Crippen molar-refractivity contribution in [3.05, 3.63) is 35.9 Å². The van der Waals surface area contributed by atoms with Crippen LogP contribution in [0.2, 0.25) is 0 Å². The van der Waals surface area contributed by atoms with Crippen molar-refractivity contribution in [3.8, 4) is 0 Å². The molecule has 2 rings (SSSR count). The third-order valence-corrected chi connectivity index (χ3v) is 5.26. The van der Waals surface area contributed by atoms with Gasteiger partial charge in [0.05, 0.1) is 0 Å². The van der Waals surface area contributed by atoms with Crippen molar-refractivity contribution in [2.24, 2.45) is 0 Å². The lowest BCUT2D eigenvalue weighted by Crippen LogP contribution is -2.51. The molecule has 0 aromatic heterocycles. The van der Waals surface area contributed by atoms with Crippen LogP contribution in [-0.4, -0.2) is 37.0 Å². The molecule has 1 aromatic rings. The molecule has 1 fully saturated rings. The zero-order chi connectivity index (χ0) is 16.2. The van der Waals surface area contributed by atoms with Crippen LogP contribution in [-0.2, 0) is 10.2 Å². The molecule has 0 unspecified atom stereocenters. The molecule has 1 amide bonds. The van der Waals surface area contributed by atoms with Crippen molar-refractivity contribution in [1.82, 2.24) is 10.2 Å². The lowest BCUT2D eigenvalue weighted by Gasteiger charge is -2.37. The molecule has 0 radical (unpaired) electrons. The highest BCUT2D eigenvalue weighted by atomic mass is 16.1. The Morgan fingerprint density at radius 3 is 2.32 bits per heavy atom. The van der Waals surface area contributed by atoms with Gasteiger partial charge in [0.2, 0.25) is 5.91 Å². The average Bonchev–Trinajstić information content (AvgIpc) is 2.96. The number of carbonyl (C=O) groups excluding carboxylic acids is 1. The Bertz CT molecular complexity index is 487. The molecule has 3 nitrogen and oxygen atoms in total. The van der Waals surface area contributed by atoms with Crippen LogP contribution in [0.5, 0.6) is 0 Å². The predicted molar refractivity (Wildman–Crippen MR) is 92.0 cm³/mol. The van der Waals surface area contributed by atoms with Crippen LogP contribution in [0.1, 0.15) is 51.5 Å². The number of nitrogens with zero attached hydrogens (tertiary/aromatic N) is 1. The maximum atomic E-state index is 12.4. The number of likely N-dealkylation sites (N-methyl/N-ethyl adjacent to an activating group) is 1. The van der Waals surface area contributed by atoms with Gasteiger partial charge in [0.25, 0.3) is 0 Å². The molecule has 0 spiro atoms. The summed E-state index contributed by atoms with van der Waals surface area (Å²) >= 11 is 0. The van der Waals surface area contributed by atoms with Crippen LogP contribution >= 0.6 is 0 Å². The molecule has 0 saturated heterocycles. The van der Waals surface area contributed by atoms with Crippen LogP contribution in [0.3, 0.4) is 0 Å². The normalized spacial score (nSPS) is 17.7. The maximum Gasteiger partial charge on any atom is 0.220 e. The first-order valence-electron chi connectivity index (χ1n) is 8.35. The highest BCUT2D eigenvalue weighted by molar-refractivity contribution is 5.77. The van der Waals surface area contributed by atoms with E-state index < -0.39 is 0 Å². The highest BCUT2D eigenvalue weighted by Crippen LogP contribution is 2.33. The molecule has 0 bridgehead atoms. The first-order chi connectivity index (χ1) is 10.4. The zero-order valence-electron chi connectivity index (χ0n) is 14.5. The first-order valence-corrected chi connectivity index (χ1v) is 8.35. The number of benzene rings is 1. The van der Waals surface area contributed by atoms with Crippen LogP contribution in [0, 0.1) is 0 Å². The third kappa shape index (κ3) is 3.89. The van der Waals surface area contributed by atoms with Gasteiger partial charge in [-0.25, -0.2) is 0 Å². The first kappa shape index (κ1) is 17.0. The Kier molecular flexibility index (Phi) is 5.28. The Labute approximate surface area is 135 Å². The second-order valence-electron chi connectivity index (χ2n) is 7.53. The van der Waals surface area contributed by atoms with Gasteiger partial charge in [-0.15, -0.1) is 0 Å². The fourth-order valence-electron chi connectivity index (χ4n) is 3.53. The van der Waals surface area contributed by atoms with Gasteiger partial charge in [-0.05, 0) is 37.9 Å². The van der Waals surface area contributed by atoms with E-state index in [4.69, 9.17) is 0 Å². The van der Waals surface area contributed by atoms with E-state index in [1.165, 1.54) is 31.2 Å². The number of nitrogens with one attached hydrogen (secondary N) is 1. The van der Waals surface area contributed by atoms with Crippen molar-refractivity contribution in [3.63, 3.8) is 0 Å². The minimum absolute atomic E-state index is 0.133. The van der Waals surface area contributed by atoms with E-state index in [2.05, 4.69) is 50.3 Å². The molecule has 22 heavy (non-hydrogen) atoms. The molecule has 1 saturated carbocycles. The Balaban J connectivity index is 1.93. The summed E-state index contributed by atoms with van der Waals surface area (Å²) in [6.45, 7) is 5.04. The number of amides is 1. The molecular formula is C19H30N2O. The smallest absolute Gasteiger partial charge is 0.220 e. The monoisotopic (exact) mass is 302 g/mol. The van der Waals surface area contributed by atoms with E-state index in [9.17, 15) is 4.79 Å². The zero-order valence-corrected chi connectivity index (χ0v) is 14.5. The largest absolute Gasteiger partial charge is 0.354 e. The second-order valence-corrected chi connectivity index (χ2v) is 7.53. The second kappa shape index (κ2) is 6.82. The highest BCUT2D eigenvalue weighted by Gasteiger charge is 2.36. The SMILES string of the molecule is CN(C)C1(CNC(=O)CC(C)(C)c2ccccc2)CCCC1. The summed E-state index contributed by atoms with van der Waals surface area (Å²) < 4.78 is 0.